The highest BCUT2D eigenvalue weighted by Gasteiger charge is 2.13. The second kappa shape index (κ2) is 8.92. The van der Waals surface area contributed by atoms with Crippen molar-refractivity contribution in [2.75, 3.05) is 7.11 Å². The van der Waals surface area contributed by atoms with Gasteiger partial charge in [0.15, 0.2) is 11.0 Å². The van der Waals surface area contributed by atoms with Gasteiger partial charge in [-0.05, 0) is 30.3 Å². The Kier molecular flexibility index (Phi) is 6.36. The molecule has 0 aliphatic carbocycles. The van der Waals surface area contributed by atoms with E-state index in [1.807, 2.05) is 29.8 Å². The van der Waals surface area contributed by atoms with Crippen LogP contribution in [0.25, 0.3) is 0 Å². The molecule has 0 aliphatic heterocycles. The van der Waals surface area contributed by atoms with Crippen LogP contribution < -0.4 is 9.47 Å². The molecular weight excluding hydrogens is 386 g/mol. The van der Waals surface area contributed by atoms with E-state index in [1.165, 1.54) is 11.8 Å². The molecule has 140 valence electrons. The van der Waals surface area contributed by atoms with Crippen LogP contribution in [0.5, 0.6) is 11.5 Å². The van der Waals surface area contributed by atoms with Crippen molar-refractivity contribution in [2.24, 2.45) is 7.05 Å². The van der Waals surface area contributed by atoms with Crippen LogP contribution in [0.4, 0.5) is 0 Å². The fourth-order valence-electron chi connectivity index (χ4n) is 2.43. The highest BCUT2D eigenvalue weighted by molar-refractivity contribution is 7.98. The smallest absolute Gasteiger partial charge is 0.191 e. The third-order valence-electron chi connectivity index (χ3n) is 3.92. The Morgan fingerprint density at radius 2 is 2.00 bits per heavy atom. The number of benzene rings is 2. The lowest BCUT2D eigenvalue weighted by atomic mass is 10.1. The van der Waals surface area contributed by atoms with Crippen LogP contribution in [0.2, 0.25) is 5.02 Å². The summed E-state index contributed by atoms with van der Waals surface area (Å²) in [5.41, 5.74) is 1.53. The zero-order valence-electron chi connectivity index (χ0n) is 14.9. The third kappa shape index (κ3) is 4.61. The molecule has 2 aromatic carbocycles. The lowest BCUT2D eigenvalue weighted by Gasteiger charge is -2.09. The highest BCUT2D eigenvalue weighted by atomic mass is 35.5. The summed E-state index contributed by atoms with van der Waals surface area (Å²) in [4.78, 5) is 11.0. The third-order valence-corrected chi connectivity index (χ3v) is 5.30. The molecule has 0 amide bonds. The van der Waals surface area contributed by atoms with E-state index in [2.05, 4.69) is 10.2 Å². The van der Waals surface area contributed by atoms with E-state index < -0.39 is 0 Å². The number of para-hydroxylation sites is 1. The average molecular weight is 404 g/mol. The number of aromatic nitrogens is 3. The van der Waals surface area contributed by atoms with Crippen molar-refractivity contribution in [3.05, 3.63) is 64.4 Å². The summed E-state index contributed by atoms with van der Waals surface area (Å²) in [6, 6.07) is 12.6. The van der Waals surface area contributed by atoms with Crippen LogP contribution in [0.1, 0.15) is 21.7 Å². The van der Waals surface area contributed by atoms with Gasteiger partial charge in [0.25, 0.3) is 0 Å². The van der Waals surface area contributed by atoms with Crippen LogP contribution in [0, 0.1) is 0 Å². The number of carbonyl (C=O) groups is 1. The van der Waals surface area contributed by atoms with Crippen LogP contribution >= 0.6 is 23.4 Å². The van der Waals surface area contributed by atoms with Gasteiger partial charge in [-0.15, -0.1) is 10.2 Å². The van der Waals surface area contributed by atoms with Gasteiger partial charge in [0, 0.05) is 23.9 Å². The SMILES string of the molecule is COc1ccc(C=O)cc1CSc1nnc(COc2ccccc2Cl)n1C. The van der Waals surface area contributed by atoms with Gasteiger partial charge in [-0.2, -0.15) is 0 Å². The fraction of sp³-hybridized carbons (Fsp3) is 0.211. The largest absolute Gasteiger partial charge is 0.496 e. The molecule has 1 aromatic heterocycles. The van der Waals surface area contributed by atoms with E-state index in [1.54, 1.807) is 31.4 Å². The number of carbonyl (C=O) groups excluding carboxylic acids is 1. The molecule has 3 aromatic rings. The topological polar surface area (TPSA) is 66.2 Å². The number of nitrogens with zero attached hydrogens (tertiary/aromatic N) is 3. The summed E-state index contributed by atoms with van der Waals surface area (Å²) in [7, 11) is 3.49. The zero-order valence-corrected chi connectivity index (χ0v) is 16.5. The van der Waals surface area contributed by atoms with Crippen molar-refractivity contribution < 1.29 is 14.3 Å². The van der Waals surface area contributed by atoms with Crippen molar-refractivity contribution in [1.82, 2.24) is 14.8 Å². The maximum atomic E-state index is 11.0. The number of hydrogen-bond donors (Lipinski definition) is 0. The number of rotatable bonds is 8. The molecule has 3 rings (SSSR count). The quantitative estimate of drug-likeness (QED) is 0.415. The minimum Gasteiger partial charge on any atom is -0.496 e. The predicted molar refractivity (Wildman–Crippen MR) is 105 cm³/mol. The molecular formula is C19H18ClN3O3S. The summed E-state index contributed by atoms with van der Waals surface area (Å²) in [5, 5.41) is 9.70. The van der Waals surface area contributed by atoms with Crippen LogP contribution in [0.15, 0.2) is 47.6 Å². The van der Waals surface area contributed by atoms with Crippen LogP contribution in [-0.2, 0) is 19.4 Å². The Labute approximate surface area is 166 Å². The fourth-order valence-corrected chi connectivity index (χ4v) is 3.53. The molecule has 0 saturated heterocycles. The maximum Gasteiger partial charge on any atom is 0.191 e. The molecule has 0 N–H and O–H groups in total. The van der Waals surface area contributed by atoms with Gasteiger partial charge in [-0.1, -0.05) is 35.5 Å². The average Bonchev–Trinajstić information content (AvgIpc) is 3.05. The van der Waals surface area contributed by atoms with E-state index in [4.69, 9.17) is 21.1 Å². The lowest BCUT2D eigenvalue weighted by Crippen LogP contribution is -2.04. The maximum absolute atomic E-state index is 11.0. The molecule has 6 nitrogen and oxygen atoms in total. The molecule has 0 saturated carbocycles. The minimum atomic E-state index is 0.262. The standard InChI is InChI=1S/C19H18ClN3O3S/c1-23-18(11-26-17-6-4-3-5-15(17)20)21-22-19(23)27-12-14-9-13(10-24)7-8-16(14)25-2/h3-10H,11-12H2,1-2H3. The Balaban J connectivity index is 1.67. The van der Waals surface area contributed by atoms with E-state index >= 15 is 0 Å². The Morgan fingerprint density at radius 1 is 1.19 bits per heavy atom. The van der Waals surface area contributed by atoms with Gasteiger partial charge in [-0.25, -0.2) is 0 Å². The number of thioether (sulfide) groups is 1. The van der Waals surface area contributed by atoms with E-state index in [9.17, 15) is 4.79 Å². The second-order valence-corrected chi connectivity index (χ2v) is 7.00. The number of methoxy groups -OCH3 is 1. The lowest BCUT2D eigenvalue weighted by molar-refractivity contribution is 0.112. The van der Waals surface area contributed by atoms with Crippen molar-refractivity contribution >= 4 is 29.6 Å². The van der Waals surface area contributed by atoms with Crippen LogP contribution in [0.3, 0.4) is 0 Å². The predicted octanol–water partition coefficient (Wildman–Crippen LogP) is 4.16. The Hall–Kier alpha value is -2.51. The van der Waals surface area contributed by atoms with Gasteiger partial charge in [0.2, 0.25) is 0 Å². The van der Waals surface area contributed by atoms with Crippen molar-refractivity contribution in [2.45, 2.75) is 17.5 Å². The van der Waals surface area contributed by atoms with Crippen LogP contribution in [-0.4, -0.2) is 28.2 Å². The second-order valence-electron chi connectivity index (χ2n) is 5.65. The Bertz CT molecular complexity index is 946. The van der Waals surface area contributed by atoms with E-state index in [0.717, 1.165) is 22.8 Å². The number of hydrogen-bond acceptors (Lipinski definition) is 6. The molecule has 0 spiro atoms. The molecule has 0 atom stereocenters. The molecule has 8 heteroatoms. The first-order valence-electron chi connectivity index (χ1n) is 8.13. The van der Waals surface area contributed by atoms with E-state index in [0.29, 0.717) is 27.9 Å². The first kappa shape index (κ1) is 19.3. The molecule has 0 fully saturated rings. The van der Waals surface area contributed by atoms with Gasteiger partial charge >= 0.3 is 0 Å². The monoisotopic (exact) mass is 403 g/mol. The van der Waals surface area contributed by atoms with Gasteiger partial charge in [0.1, 0.15) is 24.4 Å². The normalized spacial score (nSPS) is 10.6. The summed E-state index contributed by atoms with van der Waals surface area (Å²) < 4.78 is 13.0. The van der Waals surface area contributed by atoms with E-state index in [-0.39, 0.29) is 6.61 Å². The summed E-state index contributed by atoms with van der Waals surface area (Å²) >= 11 is 7.60. The summed E-state index contributed by atoms with van der Waals surface area (Å²) in [6.45, 7) is 0.262. The molecule has 0 bridgehead atoms. The van der Waals surface area contributed by atoms with Gasteiger partial charge < -0.3 is 14.0 Å². The Morgan fingerprint density at radius 3 is 2.74 bits per heavy atom. The molecule has 27 heavy (non-hydrogen) atoms. The highest BCUT2D eigenvalue weighted by Crippen LogP contribution is 2.28. The molecule has 1 heterocycles. The number of aldehydes is 1. The van der Waals surface area contributed by atoms with Crippen molar-refractivity contribution in [1.29, 1.82) is 0 Å². The number of halogens is 1. The van der Waals surface area contributed by atoms with Gasteiger partial charge in [0.05, 0.1) is 12.1 Å². The first-order valence-corrected chi connectivity index (χ1v) is 9.49. The first-order chi connectivity index (χ1) is 13.1. The summed E-state index contributed by atoms with van der Waals surface area (Å²) in [6.07, 6.45) is 0.820. The molecule has 0 aliphatic rings. The number of ether oxygens (including phenoxy) is 2. The molecule has 0 radical (unpaired) electrons. The van der Waals surface area contributed by atoms with Gasteiger partial charge in [-0.3, -0.25) is 4.79 Å². The van der Waals surface area contributed by atoms with Crippen molar-refractivity contribution in [3.8, 4) is 11.5 Å². The van der Waals surface area contributed by atoms with Crippen molar-refractivity contribution in [3.63, 3.8) is 0 Å². The molecule has 0 unspecified atom stereocenters. The zero-order chi connectivity index (χ0) is 19.2. The minimum absolute atomic E-state index is 0.262. The summed E-state index contributed by atoms with van der Waals surface area (Å²) in [5.74, 6) is 2.62.